The molecule has 1 spiro atoms. The lowest BCUT2D eigenvalue weighted by atomic mass is 9.78. The summed E-state index contributed by atoms with van der Waals surface area (Å²) in [6, 6.07) is 6.11. The molecule has 2 fully saturated rings. The fourth-order valence-electron chi connectivity index (χ4n) is 3.86. The number of likely N-dealkylation sites (tertiary alicyclic amines) is 1. The van der Waals surface area contributed by atoms with Gasteiger partial charge in [-0.2, -0.15) is 5.10 Å². The van der Waals surface area contributed by atoms with Crippen molar-refractivity contribution in [2.45, 2.75) is 19.3 Å². The molecule has 0 saturated carbocycles. The first kappa shape index (κ1) is 15.3. The molecule has 4 rings (SSSR count). The van der Waals surface area contributed by atoms with Crippen molar-refractivity contribution < 1.29 is 9.18 Å². The number of benzene rings is 1. The summed E-state index contributed by atoms with van der Waals surface area (Å²) in [7, 11) is 0. The Kier molecular flexibility index (Phi) is 3.84. The van der Waals surface area contributed by atoms with Gasteiger partial charge in [-0.15, -0.1) is 0 Å². The fourth-order valence-corrected chi connectivity index (χ4v) is 3.86. The lowest BCUT2D eigenvalue weighted by Gasteiger charge is -2.38. The number of hydrogen-bond donors (Lipinski definition) is 2. The second-order valence-electron chi connectivity index (χ2n) is 6.88. The molecule has 2 aliphatic rings. The number of carbonyl (C=O) groups excluding carboxylic acids is 1. The van der Waals surface area contributed by atoms with Crippen LogP contribution in [0.5, 0.6) is 0 Å². The van der Waals surface area contributed by atoms with Crippen molar-refractivity contribution in [1.29, 1.82) is 0 Å². The Hall–Kier alpha value is -2.21. The Bertz CT molecular complexity index is 724. The van der Waals surface area contributed by atoms with Gasteiger partial charge in [-0.3, -0.25) is 9.89 Å². The monoisotopic (exact) mass is 328 g/mol. The number of aromatic nitrogens is 2. The van der Waals surface area contributed by atoms with E-state index in [4.69, 9.17) is 0 Å². The highest BCUT2D eigenvalue weighted by Gasteiger charge is 2.38. The first-order valence-corrected chi connectivity index (χ1v) is 8.46. The van der Waals surface area contributed by atoms with Gasteiger partial charge in [-0.05, 0) is 55.5 Å². The van der Waals surface area contributed by atoms with E-state index in [1.54, 1.807) is 18.3 Å². The fraction of sp³-hybridized carbons (Fsp3) is 0.444. The zero-order chi connectivity index (χ0) is 16.6. The Morgan fingerprint density at radius 3 is 2.58 bits per heavy atom. The van der Waals surface area contributed by atoms with Crippen LogP contribution in [-0.2, 0) is 0 Å². The molecule has 0 aliphatic carbocycles. The molecule has 0 atom stereocenters. The third kappa shape index (κ3) is 2.71. The van der Waals surface area contributed by atoms with E-state index in [1.807, 2.05) is 4.90 Å². The summed E-state index contributed by atoms with van der Waals surface area (Å²) in [6.07, 6.45) is 4.88. The smallest absolute Gasteiger partial charge is 0.257 e. The number of halogens is 1. The number of rotatable bonds is 2. The van der Waals surface area contributed by atoms with Crippen LogP contribution in [-0.4, -0.2) is 47.2 Å². The number of aromatic amines is 1. The van der Waals surface area contributed by atoms with Crippen LogP contribution in [0.25, 0.3) is 11.3 Å². The number of nitrogens with zero attached hydrogens (tertiary/aromatic N) is 2. The highest BCUT2D eigenvalue weighted by atomic mass is 19.1. The van der Waals surface area contributed by atoms with Crippen LogP contribution in [0.3, 0.4) is 0 Å². The summed E-state index contributed by atoms with van der Waals surface area (Å²) < 4.78 is 13.1. The Labute approximate surface area is 140 Å². The summed E-state index contributed by atoms with van der Waals surface area (Å²) in [5.74, 6) is -0.290. The van der Waals surface area contributed by atoms with Crippen LogP contribution in [0.1, 0.15) is 29.6 Å². The lowest BCUT2D eigenvalue weighted by Crippen LogP contribution is -2.44. The molecular formula is C18H21FN4O. The molecule has 5 nitrogen and oxygen atoms in total. The van der Waals surface area contributed by atoms with Crippen molar-refractivity contribution in [2.75, 3.05) is 26.2 Å². The van der Waals surface area contributed by atoms with E-state index < -0.39 is 0 Å². The summed E-state index contributed by atoms with van der Waals surface area (Å²) in [5, 5.41) is 10.4. The quantitative estimate of drug-likeness (QED) is 0.890. The van der Waals surface area contributed by atoms with E-state index in [1.165, 1.54) is 18.6 Å². The first-order valence-electron chi connectivity index (χ1n) is 8.46. The van der Waals surface area contributed by atoms with Gasteiger partial charge in [0.05, 0.1) is 17.5 Å². The number of carbonyl (C=O) groups is 1. The number of amides is 1. The van der Waals surface area contributed by atoms with Crippen LogP contribution in [0.2, 0.25) is 0 Å². The van der Waals surface area contributed by atoms with Gasteiger partial charge in [0.15, 0.2) is 0 Å². The van der Waals surface area contributed by atoms with Crippen LogP contribution < -0.4 is 5.32 Å². The van der Waals surface area contributed by atoms with Crippen LogP contribution in [0.4, 0.5) is 4.39 Å². The van der Waals surface area contributed by atoms with Crippen LogP contribution in [0, 0.1) is 11.2 Å². The highest BCUT2D eigenvalue weighted by molar-refractivity contribution is 5.99. The topological polar surface area (TPSA) is 61.0 Å². The molecule has 2 N–H and O–H groups in total. The van der Waals surface area contributed by atoms with Crippen molar-refractivity contribution >= 4 is 5.91 Å². The maximum atomic E-state index is 13.1. The molecule has 1 amide bonds. The molecule has 1 aromatic heterocycles. The third-order valence-electron chi connectivity index (χ3n) is 5.45. The number of nitrogens with one attached hydrogen (secondary N) is 2. The molecule has 126 valence electrons. The average molecular weight is 328 g/mol. The molecule has 0 unspecified atom stereocenters. The van der Waals surface area contributed by atoms with Gasteiger partial charge in [0, 0.05) is 25.2 Å². The van der Waals surface area contributed by atoms with E-state index in [0.717, 1.165) is 44.6 Å². The maximum absolute atomic E-state index is 13.1. The van der Waals surface area contributed by atoms with Gasteiger partial charge in [0.25, 0.3) is 5.91 Å². The summed E-state index contributed by atoms with van der Waals surface area (Å²) in [5.41, 5.74) is 2.36. The zero-order valence-electron chi connectivity index (χ0n) is 13.5. The molecule has 0 radical (unpaired) electrons. The Morgan fingerprint density at radius 2 is 1.92 bits per heavy atom. The molecule has 3 heterocycles. The highest BCUT2D eigenvalue weighted by Crippen LogP contribution is 2.37. The summed E-state index contributed by atoms with van der Waals surface area (Å²) >= 11 is 0. The molecule has 2 aromatic rings. The van der Waals surface area contributed by atoms with Gasteiger partial charge in [-0.25, -0.2) is 4.39 Å². The molecule has 2 saturated heterocycles. The van der Waals surface area contributed by atoms with Crippen molar-refractivity contribution in [1.82, 2.24) is 20.4 Å². The second kappa shape index (κ2) is 6.02. The predicted octanol–water partition coefficient (Wildman–Crippen LogP) is 2.43. The summed E-state index contributed by atoms with van der Waals surface area (Å²) in [4.78, 5) is 14.8. The molecule has 24 heavy (non-hydrogen) atoms. The second-order valence-corrected chi connectivity index (χ2v) is 6.88. The van der Waals surface area contributed by atoms with Crippen molar-refractivity contribution in [2.24, 2.45) is 5.41 Å². The van der Waals surface area contributed by atoms with Crippen LogP contribution >= 0.6 is 0 Å². The summed E-state index contributed by atoms with van der Waals surface area (Å²) in [6.45, 7) is 3.73. The third-order valence-corrected chi connectivity index (χ3v) is 5.45. The van der Waals surface area contributed by atoms with E-state index in [2.05, 4.69) is 15.5 Å². The molecular weight excluding hydrogens is 307 g/mol. The maximum Gasteiger partial charge on any atom is 0.257 e. The minimum absolute atomic E-state index is 0.00359. The van der Waals surface area contributed by atoms with Gasteiger partial charge < -0.3 is 10.2 Å². The molecule has 2 aliphatic heterocycles. The zero-order valence-corrected chi connectivity index (χ0v) is 13.5. The van der Waals surface area contributed by atoms with Crippen molar-refractivity contribution in [3.63, 3.8) is 0 Å². The standard InChI is InChI=1S/C18H21FN4O/c19-14-3-1-13(2-4-14)16-15(11-21-22-16)17(24)23-9-6-18(7-10-23)5-8-20-12-18/h1-4,11,20H,5-10,12H2,(H,21,22). The first-order chi connectivity index (χ1) is 11.7. The lowest BCUT2D eigenvalue weighted by molar-refractivity contribution is 0.0608. The SMILES string of the molecule is O=C(c1cn[nH]c1-c1ccc(F)cc1)N1CCC2(CCNC2)CC1. The van der Waals surface area contributed by atoms with E-state index in [0.29, 0.717) is 16.7 Å². The normalized spacial score (nSPS) is 19.8. The molecule has 0 bridgehead atoms. The number of piperidine rings is 1. The Morgan fingerprint density at radius 1 is 1.17 bits per heavy atom. The van der Waals surface area contributed by atoms with Gasteiger partial charge in [0.1, 0.15) is 5.82 Å². The van der Waals surface area contributed by atoms with Gasteiger partial charge >= 0.3 is 0 Å². The van der Waals surface area contributed by atoms with Crippen molar-refractivity contribution in [3.05, 3.63) is 41.8 Å². The minimum Gasteiger partial charge on any atom is -0.338 e. The van der Waals surface area contributed by atoms with Gasteiger partial charge in [-0.1, -0.05) is 0 Å². The largest absolute Gasteiger partial charge is 0.338 e. The van der Waals surface area contributed by atoms with Crippen LogP contribution in [0.15, 0.2) is 30.5 Å². The predicted molar refractivity (Wildman–Crippen MR) is 89.0 cm³/mol. The van der Waals surface area contributed by atoms with Crippen molar-refractivity contribution in [3.8, 4) is 11.3 Å². The molecule has 1 aromatic carbocycles. The van der Waals surface area contributed by atoms with E-state index >= 15 is 0 Å². The average Bonchev–Trinajstić information content (AvgIpc) is 3.26. The van der Waals surface area contributed by atoms with E-state index in [-0.39, 0.29) is 11.7 Å². The van der Waals surface area contributed by atoms with E-state index in [9.17, 15) is 9.18 Å². The number of hydrogen-bond acceptors (Lipinski definition) is 3. The molecule has 6 heteroatoms. The van der Waals surface area contributed by atoms with Gasteiger partial charge in [0.2, 0.25) is 0 Å². The Balaban J connectivity index is 1.51. The minimum atomic E-state index is -0.294. The number of H-pyrrole nitrogens is 1.